The third-order valence-corrected chi connectivity index (χ3v) is 5.88. The van der Waals surface area contributed by atoms with E-state index in [2.05, 4.69) is 5.32 Å². The maximum Gasteiger partial charge on any atom is 0.230 e. The van der Waals surface area contributed by atoms with E-state index < -0.39 is 0 Å². The number of carbonyl (C=O) groups is 1. The number of rotatable bonds is 8. The maximum absolute atomic E-state index is 12.8. The van der Waals surface area contributed by atoms with Gasteiger partial charge in [0.15, 0.2) is 4.96 Å². The number of anilines is 1. The highest BCUT2D eigenvalue weighted by atomic mass is 32.1. The number of nitrogens with one attached hydrogen (secondary N) is 1. The predicted octanol–water partition coefficient (Wildman–Crippen LogP) is 4.28. The Balaban J connectivity index is 1.59. The summed E-state index contributed by atoms with van der Waals surface area (Å²) in [5.74, 6) is 2.42. The smallest absolute Gasteiger partial charge is 0.230 e. The quantitative estimate of drug-likeness (QED) is 0.429. The average molecular weight is 454 g/mol. The fourth-order valence-corrected chi connectivity index (χ4v) is 4.24. The first kappa shape index (κ1) is 21.5. The van der Waals surface area contributed by atoms with E-state index >= 15 is 0 Å². The van der Waals surface area contributed by atoms with Crippen LogP contribution in [0.25, 0.3) is 16.2 Å². The van der Waals surface area contributed by atoms with Gasteiger partial charge in [-0.05, 0) is 30.3 Å². The number of fused-ring (bicyclic) bond motifs is 1. The van der Waals surface area contributed by atoms with Gasteiger partial charge in [-0.2, -0.15) is 0 Å². The Morgan fingerprint density at radius 1 is 0.969 bits per heavy atom. The van der Waals surface area contributed by atoms with Crippen molar-refractivity contribution in [3.8, 4) is 34.3 Å². The highest BCUT2D eigenvalue weighted by molar-refractivity contribution is 7.15. The summed E-state index contributed by atoms with van der Waals surface area (Å²) >= 11 is 1.47. The van der Waals surface area contributed by atoms with Crippen LogP contribution in [0.15, 0.2) is 48.0 Å². The molecule has 2 heterocycles. The van der Waals surface area contributed by atoms with Gasteiger partial charge >= 0.3 is 0 Å². The van der Waals surface area contributed by atoms with E-state index in [1.165, 1.54) is 11.3 Å². The largest absolute Gasteiger partial charge is 0.497 e. The van der Waals surface area contributed by atoms with Crippen molar-refractivity contribution in [1.29, 1.82) is 0 Å². The van der Waals surface area contributed by atoms with Gasteiger partial charge < -0.3 is 24.3 Å². The lowest BCUT2D eigenvalue weighted by Crippen LogP contribution is -2.16. The summed E-state index contributed by atoms with van der Waals surface area (Å²) in [6.45, 7) is 0. The topological polar surface area (TPSA) is 83.3 Å². The van der Waals surface area contributed by atoms with Gasteiger partial charge in [0.2, 0.25) is 5.91 Å². The van der Waals surface area contributed by atoms with Crippen molar-refractivity contribution < 1.29 is 23.7 Å². The Morgan fingerprint density at radius 2 is 1.66 bits per heavy atom. The zero-order chi connectivity index (χ0) is 22.7. The summed E-state index contributed by atoms with van der Waals surface area (Å²) in [5, 5.41) is 4.83. The van der Waals surface area contributed by atoms with E-state index in [1.807, 2.05) is 34.2 Å². The second kappa shape index (κ2) is 9.19. The molecule has 2 aromatic heterocycles. The first-order chi connectivity index (χ1) is 15.6. The lowest BCUT2D eigenvalue weighted by Gasteiger charge is -2.11. The van der Waals surface area contributed by atoms with Crippen LogP contribution >= 0.6 is 11.3 Å². The number of aromatic nitrogens is 2. The summed E-state index contributed by atoms with van der Waals surface area (Å²) in [4.78, 5) is 18.3. The highest BCUT2D eigenvalue weighted by Crippen LogP contribution is 2.34. The van der Waals surface area contributed by atoms with E-state index in [0.29, 0.717) is 28.7 Å². The molecule has 4 rings (SSSR count). The van der Waals surface area contributed by atoms with Gasteiger partial charge in [0, 0.05) is 28.9 Å². The van der Waals surface area contributed by atoms with Gasteiger partial charge in [-0.25, -0.2) is 4.98 Å². The zero-order valence-electron chi connectivity index (χ0n) is 18.2. The van der Waals surface area contributed by atoms with Gasteiger partial charge in [-0.1, -0.05) is 0 Å². The lowest BCUT2D eigenvalue weighted by molar-refractivity contribution is -0.115. The molecule has 1 N–H and O–H groups in total. The predicted molar refractivity (Wildman–Crippen MR) is 123 cm³/mol. The number of benzene rings is 2. The van der Waals surface area contributed by atoms with E-state index in [-0.39, 0.29) is 12.3 Å². The molecule has 0 aliphatic heterocycles. The van der Waals surface area contributed by atoms with E-state index in [9.17, 15) is 4.79 Å². The molecular weight excluding hydrogens is 430 g/mol. The number of hydrogen-bond acceptors (Lipinski definition) is 7. The van der Waals surface area contributed by atoms with Crippen LogP contribution in [0.1, 0.15) is 5.69 Å². The molecule has 4 aromatic rings. The number of methoxy groups -OCH3 is 4. The first-order valence-corrected chi connectivity index (χ1v) is 10.6. The summed E-state index contributed by atoms with van der Waals surface area (Å²) in [6, 6.07) is 10.8. The van der Waals surface area contributed by atoms with Crippen molar-refractivity contribution in [1.82, 2.24) is 9.38 Å². The molecule has 0 spiro atoms. The second-order valence-electron chi connectivity index (χ2n) is 6.86. The molecule has 0 saturated carbocycles. The van der Waals surface area contributed by atoms with Crippen molar-refractivity contribution in [2.45, 2.75) is 6.42 Å². The van der Waals surface area contributed by atoms with Crippen LogP contribution < -0.4 is 24.3 Å². The Hall–Kier alpha value is -3.72. The molecule has 0 atom stereocenters. The van der Waals surface area contributed by atoms with Crippen LogP contribution in [0, 0.1) is 0 Å². The minimum atomic E-state index is -0.175. The first-order valence-electron chi connectivity index (χ1n) is 9.76. The monoisotopic (exact) mass is 453 g/mol. The normalized spacial score (nSPS) is 10.8. The standard InChI is InChI=1S/C23H23N3O5S/c1-28-15-5-7-20(30-3)17(10-15)19-12-26-14(13-32-23(26)25-19)9-22(27)24-18-11-16(29-2)6-8-21(18)31-4/h5-8,10-13H,9H2,1-4H3,(H,24,27). The molecule has 9 heteroatoms. The van der Waals surface area contributed by atoms with E-state index in [0.717, 1.165) is 21.9 Å². The van der Waals surface area contributed by atoms with Gasteiger partial charge in [-0.15, -0.1) is 11.3 Å². The van der Waals surface area contributed by atoms with E-state index in [4.69, 9.17) is 23.9 Å². The molecule has 0 saturated heterocycles. The van der Waals surface area contributed by atoms with Crippen LogP contribution in [0.5, 0.6) is 23.0 Å². The van der Waals surface area contributed by atoms with Crippen molar-refractivity contribution >= 4 is 27.9 Å². The number of imidazole rings is 1. The van der Waals surface area contributed by atoms with Crippen LogP contribution in [0.3, 0.4) is 0 Å². The van der Waals surface area contributed by atoms with Crippen molar-refractivity contribution in [2.75, 3.05) is 33.8 Å². The van der Waals surface area contributed by atoms with Gasteiger partial charge in [0.05, 0.1) is 46.2 Å². The lowest BCUT2D eigenvalue weighted by atomic mass is 10.1. The Kier molecular flexibility index (Phi) is 6.18. The molecule has 166 valence electrons. The zero-order valence-corrected chi connectivity index (χ0v) is 19.0. The fourth-order valence-electron chi connectivity index (χ4n) is 3.37. The van der Waals surface area contributed by atoms with Crippen LogP contribution in [-0.4, -0.2) is 43.7 Å². The van der Waals surface area contributed by atoms with Gasteiger partial charge in [0.1, 0.15) is 23.0 Å². The summed E-state index contributed by atoms with van der Waals surface area (Å²) in [5.41, 5.74) is 2.93. The van der Waals surface area contributed by atoms with Crippen LogP contribution in [0.4, 0.5) is 5.69 Å². The molecule has 0 radical (unpaired) electrons. The molecule has 32 heavy (non-hydrogen) atoms. The second-order valence-corrected chi connectivity index (χ2v) is 7.70. The summed E-state index contributed by atoms with van der Waals surface area (Å²) < 4.78 is 23.3. The molecule has 1 amide bonds. The van der Waals surface area contributed by atoms with Crippen molar-refractivity contribution in [3.05, 3.63) is 53.7 Å². The molecule has 0 unspecified atom stereocenters. The van der Waals surface area contributed by atoms with E-state index in [1.54, 1.807) is 46.6 Å². The molecule has 0 fully saturated rings. The maximum atomic E-state index is 12.8. The van der Waals surface area contributed by atoms with Gasteiger partial charge in [-0.3, -0.25) is 9.20 Å². The average Bonchev–Trinajstić information content (AvgIpc) is 3.40. The van der Waals surface area contributed by atoms with Crippen molar-refractivity contribution in [2.24, 2.45) is 0 Å². The van der Waals surface area contributed by atoms with Crippen molar-refractivity contribution in [3.63, 3.8) is 0 Å². The van der Waals surface area contributed by atoms with Crippen LogP contribution in [-0.2, 0) is 11.2 Å². The Morgan fingerprint density at radius 3 is 2.34 bits per heavy atom. The molecule has 2 aromatic carbocycles. The Labute approximate surface area is 189 Å². The number of thiazole rings is 1. The Bertz CT molecular complexity index is 1260. The minimum absolute atomic E-state index is 0.172. The summed E-state index contributed by atoms with van der Waals surface area (Å²) in [6.07, 6.45) is 2.07. The molecule has 0 aliphatic carbocycles. The minimum Gasteiger partial charge on any atom is -0.497 e. The summed E-state index contributed by atoms with van der Waals surface area (Å²) in [7, 11) is 6.36. The molecule has 0 aliphatic rings. The number of hydrogen-bond donors (Lipinski definition) is 1. The molecule has 0 bridgehead atoms. The fraction of sp³-hybridized carbons (Fsp3) is 0.217. The number of amides is 1. The third-order valence-electron chi connectivity index (χ3n) is 4.99. The van der Waals surface area contributed by atoms with Gasteiger partial charge in [0.25, 0.3) is 0 Å². The SMILES string of the molecule is COc1ccc(OC)c(NC(=O)Cc2csc3nc(-c4cc(OC)ccc4OC)cn23)c1. The number of nitrogens with zero attached hydrogens (tertiary/aromatic N) is 2. The number of carbonyl (C=O) groups excluding carboxylic acids is 1. The third kappa shape index (κ3) is 4.19. The molecular formula is C23H23N3O5S. The number of ether oxygens (including phenoxy) is 4. The molecule has 8 nitrogen and oxygen atoms in total. The van der Waals surface area contributed by atoms with Crippen LogP contribution in [0.2, 0.25) is 0 Å². The highest BCUT2D eigenvalue weighted by Gasteiger charge is 2.17.